The van der Waals surface area contributed by atoms with E-state index in [0.29, 0.717) is 10.9 Å². The summed E-state index contributed by atoms with van der Waals surface area (Å²) in [6.07, 6.45) is -4.45. The van der Waals surface area contributed by atoms with Gasteiger partial charge in [0.15, 0.2) is 17.3 Å². The number of rotatable bonds is 3. The van der Waals surface area contributed by atoms with E-state index in [2.05, 4.69) is 15.2 Å². The Morgan fingerprint density at radius 3 is 2.37 bits per heavy atom. The van der Waals surface area contributed by atoms with Crippen molar-refractivity contribution in [2.75, 3.05) is 13.1 Å². The van der Waals surface area contributed by atoms with Crippen LogP contribution in [0.15, 0.2) is 42.6 Å². The molecule has 1 saturated heterocycles. The van der Waals surface area contributed by atoms with Gasteiger partial charge in [-0.15, -0.1) is 35.0 Å². The van der Waals surface area contributed by atoms with Crippen LogP contribution >= 0.6 is 24.8 Å². The Morgan fingerprint density at radius 1 is 1.05 bits per heavy atom. The molecule has 1 aromatic carbocycles. The number of benzene rings is 1. The van der Waals surface area contributed by atoms with Gasteiger partial charge in [0.2, 0.25) is 0 Å². The molecule has 13 heteroatoms. The summed E-state index contributed by atoms with van der Waals surface area (Å²) in [6.45, 7) is 5.72. The van der Waals surface area contributed by atoms with Gasteiger partial charge in [0.1, 0.15) is 11.7 Å². The number of aromatic nitrogens is 4. The van der Waals surface area contributed by atoms with Crippen molar-refractivity contribution in [3.05, 3.63) is 59.5 Å². The zero-order valence-corrected chi connectivity index (χ0v) is 22.4. The Hall–Kier alpha value is -2.57. The Balaban J connectivity index is 0.00000200. The molecule has 0 aliphatic carbocycles. The summed E-state index contributed by atoms with van der Waals surface area (Å²) < 4.78 is 59.1. The number of aliphatic hydroxyl groups is 1. The molecule has 206 valence electrons. The summed E-state index contributed by atoms with van der Waals surface area (Å²) in [4.78, 5) is 5.68. The van der Waals surface area contributed by atoms with Crippen LogP contribution in [0.25, 0.3) is 28.1 Å². The summed E-state index contributed by atoms with van der Waals surface area (Å²) in [6, 6.07) is 6.78. The molecule has 7 nitrogen and oxygen atoms in total. The lowest BCUT2D eigenvalue weighted by molar-refractivity contribution is -0.184. The highest BCUT2D eigenvalue weighted by molar-refractivity contribution is 5.86. The molecular weight excluding hydrogens is 547 g/mol. The van der Waals surface area contributed by atoms with E-state index in [0.717, 1.165) is 10.5 Å². The maximum atomic E-state index is 15.2. The zero-order chi connectivity index (χ0) is 26.0. The number of pyridine rings is 2. The monoisotopic (exact) mass is 574 g/mol. The first-order valence-electron chi connectivity index (χ1n) is 11.5. The van der Waals surface area contributed by atoms with E-state index in [-0.39, 0.29) is 66.0 Å². The fourth-order valence-electron chi connectivity index (χ4n) is 4.83. The molecule has 1 fully saturated rings. The Kier molecular flexibility index (Phi) is 8.31. The second kappa shape index (κ2) is 10.5. The Morgan fingerprint density at radius 2 is 1.76 bits per heavy atom. The molecule has 38 heavy (non-hydrogen) atoms. The van der Waals surface area contributed by atoms with Gasteiger partial charge in [0, 0.05) is 30.7 Å². The molecule has 5 rings (SSSR count). The van der Waals surface area contributed by atoms with Gasteiger partial charge in [0.05, 0.1) is 11.6 Å². The van der Waals surface area contributed by atoms with Crippen molar-refractivity contribution in [1.82, 2.24) is 24.5 Å². The summed E-state index contributed by atoms with van der Waals surface area (Å²) >= 11 is 0. The molecule has 1 aliphatic heterocycles. The largest absolute Gasteiger partial charge is 0.408 e. The number of hydrogen-bond acceptors (Lipinski definition) is 6. The second-order valence-electron chi connectivity index (χ2n) is 10.3. The number of likely N-dealkylation sites (tertiary alicyclic amines) is 1. The van der Waals surface area contributed by atoms with Crippen LogP contribution in [0.5, 0.6) is 0 Å². The minimum absolute atomic E-state index is 0. The van der Waals surface area contributed by atoms with Crippen LogP contribution in [0.1, 0.15) is 37.9 Å². The highest BCUT2D eigenvalue weighted by Gasteiger charge is 2.48. The average molecular weight is 575 g/mol. The van der Waals surface area contributed by atoms with Crippen molar-refractivity contribution in [2.24, 2.45) is 5.73 Å². The van der Waals surface area contributed by atoms with E-state index in [9.17, 15) is 18.3 Å². The van der Waals surface area contributed by atoms with E-state index in [1.807, 2.05) is 32.9 Å². The lowest BCUT2D eigenvalue weighted by atomic mass is 9.85. The van der Waals surface area contributed by atoms with Crippen LogP contribution < -0.4 is 5.73 Å². The van der Waals surface area contributed by atoms with Crippen LogP contribution in [-0.2, 0) is 5.41 Å². The smallest absolute Gasteiger partial charge is 0.390 e. The van der Waals surface area contributed by atoms with E-state index in [4.69, 9.17) is 5.73 Å². The first-order valence-corrected chi connectivity index (χ1v) is 11.5. The SMILES string of the molecule is CC(C)(C)c1cccc2cc(F)c(-c3nnc4ccc([C@@H](N5C[C@@H](N)[C@@H](O)C5)C(F)(F)F)cn34)nc12.Cl.Cl. The average Bonchev–Trinajstić information content (AvgIpc) is 3.33. The molecule has 1 aliphatic rings. The molecule has 3 aromatic heterocycles. The van der Waals surface area contributed by atoms with Gasteiger partial charge in [0.25, 0.3) is 0 Å². The number of aliphatic hydroxyl groups excluding tert-OH is 1. The Bertz CT molecular complexity index is 1450. The fourth-order valence-corrected chi connectivity index (χ4v) is 4.83. The lowest BCUT2D eigenvalue weighted by Gasteiger charge is -2.29. The molecule has 4 heterocycles. The topological polar surface area (TPSA) is 92.6 Å². The Labute approximate surface area is 228 Å². The third-order valence-corrected chi connectivity index (χ3v) is 6.60. The van der Waals surface area contributed by atoms with Crippen molar-refractivity contribution >= 4 is 41.4 Å². The van der Waals surface area contributed by atoms with E-state index >= 15 is 4.39 Å². The van der Waals surface area contributed by atoms with E-state index < -0.39 is 30.2 Å². The maximum Gasteiger partial charge on any atom is 0.408 e. The molecular formula is C25H28Cl2F4N6O. The van der Waals surface area contributed by atoms with Gasteiger partial charge < -0.3 is 10.8 Å². The van der Waals surface area contributed by atoms with E-state index in [1.54, 1.807) is 6.07 Å². The van der Waals surface area contributed by atoms with Crippen molar-refractivity contribution in [1.29, 1.82) is 0 Å². The summed E-state index contributed by atoms with van der Waals surface area (Å²) in [5.41, 5.74) is 7.02. The van der Waals surface area contributed by atoms with Crippen LogP contribution in [0, 0.1) is 5.82 Å². The number of nitrogens with zero attached hydrogens (tertiary/aromatic N) is 5. The van der Waals surface area contributed by atoms with Gasteiger partial charge in [-0.1, -0.05) is 45.0 Å². The number of fused-ring (bicyclic) bond motifs is 2. The standard InChI is InChI=1S/C25H26F4N6O.2ClH/c1-24(2,3)15-6-4-5-13-9-16(26)21(31-20(13)15)23-33-32-19-8-7-14(10-35(19)23)22(25(27,28)29)34-11-17(30)18(36)12-34;;/h4-10,17-18,22,36H,11-12,30H2,1-3H3;2*1H/t17-,18+,22-;;/m1../s1. The third kappa shape index (κ3) is 5.30. The molecule has 0 bridgehead atoms. The predicted octanol–water partition coefficient (Wildman–Crippen LogP) is 4.83. The van der Waals surface area contributed by atoms with Gasteiger partial charge in [-0.3, -0.25) is 9.30 Å². The number of hydrogen-bond donors (Lipinski definition) is 2. The zero-order valence-electron chi connectivity index (χ0n) is 20.8. The molecule has 3 N–H and O–H groups in total. The first-order chi connectivity index (χ1) is 16.8. The summed E-state index contributed by atoms with van der Waals surface area (Å²) in [7, 11) is 0. The fraction of sp³-hybridized carbons (Fsp3) is 0.400. The third-order valence-electron chi connectivity index (χ3n) is 6.60. The van der Waals surface area contributed by atoms with Gasteiger partial charge in [-0.2, -0.15) is 13.2 Å². The van der Waals surface area contributed by atoms with E-state index in [1.165, 1.54) is 28.8 Å². The first kappa shape index (κ1) is 30.0. The molecule has 0 saturated carbocycles. The molecule has 0 unspecified atom stereocenters. The number of halogens is 6. The van der Waals surface area contributed by atoms with Crippen LogP contribution in [-0.4, -0.2) is 61.0 Å². The number of alkyl halides is 3. The van der Waals surface area contributed by atoms with Gasteiger partial charge in [-0.05, 0) is 28.7 Å². The molecule has 0 amide bonds. The number of nitrogens with two attached hydrogens (primary N) is 1. The number of para-hydroxylation sites is 1. The lowest BCUT2D eigenvalue weighted by Crippen LogP contribution is -2.38. The molecule has 0 radical (unpaired) electrons. The van der Waals surface area contributed by atoms with Crippen molar-refractivity contribution < 1.29 is 22.7 Å². The van der Waals surface area contributed by atoms with Crippen molar-refractivity contribution in [3.63, 3.8) is 0 Å². The van der Waals surface area contributed by atoms with Crippen molar-refractivity contribution in [3.8, 4) is 11.5 Å². The van der Waals surface area contributed by atoms with Crippen LogP contribution in [0.4, 0.5) is 17.6 Å². The summed E-state index contributed by atoms with van der Waals surface area (Å²) in [5, 5.41) is 18.6. The van der Waals surface area contributed by atoms with Gasteiger partial charge >= 0.3 is 6.18 Å². The second-order valence-corrected chi connectivity index (χ2v) is 10.3. The maximum absolute atomic E-state index is 15.2. The predicted molar refractivity (Wildman–Crippen MR) is 141 cm³/mol. The molecule has 4 aromatic rings. The highest BCUT2D eigenvalue weighted by Crippen LogP contribution is 2.40. The highest BCUT2D eigenvalue weighted by atomic mass is 35.5. The summed E-state index contributed by atoms with van der Waals surface area (Å²) in [5.74, 6) is -0.664. The van der Waals surface area contributed by atoms with Crippen LogP contribution in [0.3, 0.4) is 0 Å². The normalized spacial score (nSPS) is 19.4. The van der Waals surface area contributed by atoms with Gasteiger partial charge in [-0.25, -0.2) is 9.37 Å². The number of β-amino-alcohol motifs (C(OH)–C–C–N with tert-alkyl or cyclic N) is 1. The quantitative estimate of drug-likeness (QED) is 0.340. The molecule has 3 atom stereocenters. The molecule has 0 spiro atoms. The van der Waals surface area contributed by atoms with Crippen molar-refractivity contribution in [2.45, 2.75) is 50.6 Å². The minimum atomic E-state index is -4.64. The van der Waals surface area contributed by atoms with Crippen LogP contribution in [0.2, 0.25) is 0 Å². The minimum Gasteiger partial charge on any atom is -0.390 e.